The zero-order chi connectivity index (χ0) is 45.1. The highest BCUT2D eigenvalue weighted by molar-refractivity contribution is 5.71. The molecule has 0 spiro atoms. The number of esters is 3. The van der Waals surface area contributed by atoms with Crippen molar-refractivity contribution in [3.05, 3.63) is 12.2 Å². The monoisotopic (exact) mass is 875 g/mol. The molecule has 6 nitrogen and oxygen atoms in total. The Labute approximate surface area is 386 Å². The van der Waals surface area contributed by atoms with E-state index in [1.165, 1.54) is 212 Å². The molecule has 0 unspecified atom stereocenters. The molecule has 6 heteroatoms. The molecule has 0 fully saturated rings. The second-order valence-electron chi connectivity index (χ2n) is 18.9. The first kappa shape index (κ1) is 60.2. The van der Waals surface area contributed by atoms with Gasteiger partial charge in [-0.15, -0.1) is 0 Å². The molecule has 1 atom stereocenters. The summed E-state index contributed by atoms with van der Waals surface area (Å²) in [5, 5.41) is 0. The lowest BCUT2D eigenvalue weighted by molar-refractivity contribution is -0.167. The van der Waals surface area contributed by atoms with Crippen molar-refractivity contribution in [2.45, 2.75) is 316 Å². The number of unbranched alkanes of at least 4 members (excludes halogenated alkanes) is 38. The standard InChI is InChI=1S/C56H106O6/c1-4-7-10-13-16-19-22-25-26-27-28-29-30-32-34-37-40-43-46-49-55(58)61-52-53(51-60-54(57)48-45-42-39-36-33-24-21-18-15-12-9-6-3)62-56(59)50-47-44-41-38-35-31-23-20-17-14-11-8-5-2/h25-26,53H,4-24,27-52H2,1-3H3/b26-25-/t53-/m0/s1. The van der Waals surface area contributed by atoms with Crippen molar-refractivity contribution in [1.29, 1.82) is 0 Å². The topological polar surface area (TPSA) is 78.9 Å². The molecule has 0 aliphatic rings. The number of carbonyl (C=O) groups excluding carboxylic acids is 3. The van der Waals surface area contributed by atoms with Crippen molar-refractivity contribution in [3.63, 3.8) is 0 Å². The molecule has 0 aromatic heterocycles. The summed E-state index contributed by atoms with van der Waals surface area (Å²) in [6, 6.07) is 0. The molecule has 0 aliphatic carbocycles. The molecule has 62 heavy (non-hydrogen) atoms. The maximum Gasteiger partial charge on any atom is 0.306 e. The van der Waals surface area contributed by atoms with Gasteiger partial charge in [0.1, 0.15) is 13.2 Å². The van der Waals surface area contributed by atoms with E-state index in [-0.39, 0.29) is 31.1 Å². The summed E-state index contributed by atoms with van der Waals surface area (Å²) < 4.78 is 16.8. The molecule has 0 bridgehead atoms. The van der Waals surface area contributed by atoms with Crippen LogP contribution in [-0.4, -0.2) is 37.2 Å². The van der Waals surface area contributed by atoms with Crippen LogP contribution in [0.4, 0.5) is 0 Å². The number of ether oxygens (including phenoxy) is 3. The Hall–Kier alpha value is -1.85. The van der Waals surface area contributed by atoms with Gasteiger partial charge in [0.2, 0.25) is 0 Å². The number of hydrogen-bond donors (Lipinski definition) is 0. The van der Waals surface area contributed by atoms with E-state index in [1.807, 2.05) is 0 Å². The van der Waals surface area contributed by atoms with E-state index >= 15 is 0 Å². The van der Waals surface area contributed by atoms with E-state index in [2.05, 4.69) is 32.9 Å². The van der Waals surface area contributed by atoms with Gasteiger partial charge in [-0.25, -0.2) is 0 Å². The van der Waals surface area contributed by atoms with E-state index in [9.17, 15) is 14.4 Å². The van der Waals surface area contributed by atoms with Gasteiger partial charge in [-0.05, 0) is 44.9 Å². The molecule has 0 aliphatic heterocycles. The van der Waals surface area contributed by atoms with Crippen molar-refractivity contribution >= 4 is 17.9 Å². The second-order valence-corrected chi connectivity index (χ2v) is 18.9. The average molecular weight is 875 g/mol. The van der Waals surface area contributed by atoms with Crippen molar-refractivity contribution in [1.82, 2.24) is 0 Å². The van der Waals surface area contributed by atoms with Crippen LogP contribution in [0.3, 0.4) is 0 Å². The van der Waals surface area contributed by atoms with Gasteiger partial charge >= 0.3 is 17.9 Å². The van der Waals surface area contributed by atoms with Gasteiger partial charge < -0.3 is 14.2 Å². The minimum absolute atomic E-state index is 0.0648. The predicted octanol–water partition coefficient (Wildman–Crippen LogP) is 18.2. The number of hydrogen-bond acceptors (Lipinski definition) is 6. The van der Waals surface area contributed by atoms with Gasteiger partial charge in [-0.3, -0.25) is 14.4 Å². The van der Waals surface area contributed by atoms with E-state index in [4.69, 9.17) is 14.2 Å². The van der Waals surface area contributed by atoms with Gasteiger partial charge in [0, 0.05) is 19.3 Å². The van der Waals surface area contributed by atoms with Crippen LogP contribution in [0.2, 0.25) is 0 Å². The predicted molar refractivity (Wildman–Crippen MR) is 266 cm³/mol. The van der Waals surface area contributed by atoms with Crippen molar-refractivity contribution < 1.29 is 28.6 Å². The second kappa shape index (κ2) is 51.8. The Morgan fingerprint density at radius 3 is 0.806 bits per heavy atom. The fraction of sp³-hybridized carbons (Fsp3) is 0.911. The zero-order valence-corrected chi connectivity index (χ0v) is 41.9. The quantitative estimate of drug-likeness (QED) is 0.0262. The molecule has 0 amide bonds. The summed E-state index contributed by atoms with van der Waals surface area (Å²) in [5.74, 6) is -0.847. The minimum atomic E-state index is -0.763. The van der Waals surface area contributed by atoms with Gasteiger partial charge in [-0.2, -0.15) is 0 Å². The van der Waals surface area contributed by atoms with E-state index in [0.717, 1.165) is 57.8 Å². The third kappa shape index (κ3) is 49.2. The molecule has 0 saturated heterocycles. The summed E-state index contributed by atoms with van der Waals surface area (Å²) in [6.45, 7) is 6.67. The summed E-state index contributed by atoms with van der Waals surface area (Å²) in [7, 11) is 0. The fourth-order valence-electron chi connectivity index (χ4n) is 8.32. The number of carbonyl (C=O) groups is 3. The van der Waals surface area contributed by atoms with Crippen LogP contribution in [0.15, 0.2) is 12.2 Å². The first-order valence-electron chi connectivity index (χ1n) is 27.7. The summed E-state index contributed by atoms with van der Waals surface area (Å²) in [5.41, 5.74) is 0. The molecule has 0 N–H and O–H groups in total. The van der Waals surface area contributed by atoms with Crippen LogP contribution in [0, 0.1) is 0 Å². The molecule has 0 saturated carbocycles. The first-order valence-corrected chi connectivity index (χ1v) is 27.7. The third-order valence-corrected chi connectivity index (χ3v) is 12.5. The van der Waals surface area contributed by atoms with Crippen molar-refractivity contribution in [2.75, 3.05) is 13.2 Å². The Bertz CT molecular complexity index is 962. The lowest BCUT2D eigenvalue weighted by Gasteiger charge is -2.18. The fourth-order valence-corrected chi connectivity index (χ4v) is 8.32. The zero-order valence-electron chi connectivity index (χ0n) is 41.9. The van der Waals surface area contributed by atoms with E-state index in [0.29, 0.717) is 19.3 Å². The van der Waals surface area contributed by atoms with Gasteiger partial charge in [0.05, 0.1) is 0 Å². The van der Waals surface area contributed by atoms with Crippen molar-refractivity contribution in [3.8, 4) is 0 Å². The normalized spacial score (nSPS) is 12.0. The lowest BCUT2D eigenvalue weighted by atomic mass is 10.0. The van der Waals surface area contributed by atoms with Crippen LogP contribution in [0.5, 0.6) is 0 Å². The highest BCUT2D eigenvalue weighted by atomic mass is 16.6. The lowest BCUT2D eigenvalue weighted by Crippen LogP contribution is -2.30. The van der Waals surface area contributed by atoms with Gasteiger partial charge in [0.15, 0.2) is 6.10 Å². The summed E-state index contributed by atoms with van der Waals surface area (Å²) in [4.78, 5) is 38.0. The maximum atomic E-state index is 12.8. The molecular formula is C56H106O6. The maximum absolute atomic E-state index is 12.8. The third-order valence-electron chi connectivity index (χ3n) is 12.5. The summed E-state index contributed by atoms with van der Waals surface area (Å²) in [6.07, 6.45) is 57.7. The van der Waals surface area contributed by atoms with Gasteiger partial charge in [-0.1, -0.05) is 258 Å². The molecule has 0 rings (SSSR count). The summed E-state index contributed by atoms with van der Waals surface area (Å²) >= 11 is 0. The Morgan fingerprint density at radius 1 is 0.306 bits per heavy atom. The van der Waals surface area contributed by atoms with Crippen LogP contribution in [0.1, 0.15) is 310 Å². The number of rotatable bonds is 51. The van der Waals surface area contributed by atoms with E-state index in [1.54, 1.807) is 0 Å². The van der Waals surface area contributed by atoms with Crippen LogP contribution in [-0.2, 0) is 28.6 Å². The number of allylic oxidation sites excluding steroid dienone is 2. The van der Waals surface area contributed by atoms with Crippen LogP contribution < -0.4 is 0 Å². The average Bonchev–Trinajstić information content (AvgIpc) is 3.27. The molecule has 366 valence electrons. The first-order chi connectivity index (χ1) is 30.5. The Balaban J connectivity index is 4.27. The highest BCUT2D eigenvalue weighted by Crippen LogP contribution is 2.17. The minimum Gasteiger partial charge on any atom is -0.462 e. The molecular weight excluding hydrogens is 769 g/mol. The molecule has 0 aromatic rings. The molecule has 0 aromatic carbocycles. The highest BCUT2D eigenvalue weighted by Gasteiger charge is 2.19. The molecule has 0 heterocycles. The molecule has 0 radical (unpaired) electrons. The van der Waals surface area contributed by atoms with Crippen LogP contribution >= 0.6 is 0 Å². The smallest absolute Gasteiger partial charge is 0.306 e. The van der Waals surface area contributed by atoms with Crippen LogP contribution in [0.25, 0.3) is 0 Å². The largest absolute Gasteiger partial charge is 0.462 e. The SMILES string of the molecule is CCCCCCCC/C=C\CCCCCCCCCCCC(=O)OC[C@H](COC(=O)CCCCCCCCCCCCCC)OC(=O)CCCCCCCCCCCCCCC. The van der Waals surface area contributed by atoms with E-state index < -0.39 is 6.10 Å². The van der Waals surface area contributed by atoms with Crippen molar-refractivity contribution in [2.24, 2.45) is 0 Å². The Kier molecular flexibility index (Phi) is 50.2. The Morgan fingerprint density at radius 2 is 0.532 bits per heavy atom. The van der Waals surface area contributed by atoms with Gasteiger partial charge in [0.25, 0.3) is 0 Å².